The van der Waals surface area contributed by atoms with Gasteiger partial charge in [0.1, 0.15) is 5.75 Å². The number of ketones is 1. The minimum atomic E-state index is -1.40. The van der Waals surface area contributed by atoms with Gasteiger partial charge in [-0.2, -0.15) is 0 Å². The normalized spacial score (nSPS) is 15.3. The first-order chi connectivity index (χ1) is 15.8. The lowest BCUT2D eigenvalue weighted by Crippen LogP contribution is -2.57. The number of carboxylic acids is 1. The van der Waals surface area contributed by atoms with Crippen molar-refractivity contribution < 1.29 is 29.0 Å². The van der Waals surface area contributed by atoms with E-state index in [0.29, 0.717) is 12.1 Å². The topological polar surface area (TPSA) is 116 Å². The summed E-state index contributed by atoms with van der Waals surface area (Å²) < 4.78 is 5.41. The van der Waals surface area contributed by atoms with Gasteiger partial charge in [-0.3, -0.25) is 19.3 Å². The van der Waals surface area contributed by atoms with Crippen LogP contribution in [0.1, 0.15) is 17.5 Å². The van der Waals surface area contributed by atoms with Gasteiger partial charge < -0.3 is 20.1 Å². The van der Waals surface area contributed by atoms with E-state index in [4.69, 9.17) is 9.84 Å². The minimum Gasteiger partial charge on any atom is -0.496 e. The van der Waals surface area contributed by atoms with Gasteiger partial charge >= 0.3 is 12.0 Å². The fraction of sp³-hybridized carbons (Fsp3) is 0.250. The lowest BCUT2D eigenvalue weighted by Gasteiger charge is -2.33. The second-order valence-corrected chi connectivity index (χ2v) is 7.47. The molecule has 2 aromatic rings. The molecule has 0 aliphatic carbocycles. The van der Waals surface area contributed by atoms with Crippen LogP contribution < -0.4 is 15.0 Å². The molecule has 1 aliphatic heterocycles. The van der Waals surface area contributed by atoms with Gasteiger partial charge in [0.15, 0.2) is 11.8 Å². The van der Waals surface area contributed by atoms with Gasteiger partial charge in [-0.1, -0.05) is 30.3 Å². The van der Waals surface area contributed by atoms with Crippen LogP contribution in [0.2, 0.25) is 0 Å². The van der Waals surface area contributed by atoms with E-state index >= 15 is 0 Å². The lowest BCUT2D eigenvalue weighted by molar-refractivity contribution is -0.137. The molecule has 0 saturated carbocycles. The number of para-hydroxylation sites is 1. The molecule has 0 aromatic heterocycles. The number of urea groups is 1. The van der Waals surface area contributed by atoms with Crippen LogP contribution in [0.4, 0.5) is 10.5 Å². The molecule has 9 nitrogen and oxygen atoms in total. The third-order valence-corrected chi connectivity index (χ3v) is 5.18. The third kappa shape index (κ3) is 5.57. The van der Waals surface area contributed by atoms with E-state index < -0.39 is 29.7 Å². The molecule has 0 radical (unpaired) electrons. The lowest BCUT2D eigenvalue weighted by atomic mass is 10.0. The second-order valence-electron chi connectivity index (χ2n) is 7.47. The SMILES string of the molecule is COc1ccccc1Cc1cccc(N(C(=O)NCCC(=O)O)[C@H]2C(=O)C=CN(C)C2=O)c1. The van der Waals surface area contributed by atoms with Crippen LogP contribution in [0.25, 0.3) is 0 Å². The maximum absolute atomic E-state index is 13.0. The van der Waals surface area contributed by atoms with Crippen molar-refractivity contribution in [2.45, 2.75) is 18.9 Å². The molecule has 0 spiro atoms. The molecule has 0 bridgehead atoms. The molecule has 172 valence electrons. The highest BCUT2D eigenvalue weighted by Crippen LogP contribution is 2.26. The number of nitrogens with one attached hydrogen (secondary N) is 1. The van der Waals surface area contributed by atoms with Crippen LogP contribution in [0, 0.1) is 0 Å². The number of amides is 3. The largest absolute Gasteiger partial charge is 0.496 e. The Balaban J connectivity index is 1.96. The van der Waals surface area contributed by atoms with E-state index in [2.05, 4.69) is 5.32 Å². The summed E-state index contributed by atoms with van der Waals surface area (Å²) in [6.45, 7) is -0.146. The summed E-state index contributed by atoms with van der Waals surface area (Å²) in [5.41, 5.74) is 2.10. The third-order valence-electron chi connectivity index (χ3n) is 5.18. The van der Waals surface area contributed by atoms with E-state index in [9.17, 15) is 19.2 Å². The van der Waals surface area contributed by atoms with Crippen LogP contribution in [0.15, 0.2) is 60.8 Å². The summed E-state index contributed by atoms with van der Waals surface area (Å²) in [6, 6.07) is 12.4. The zero-order chi connectivity index (χ0) is 24.0. The molecule has 1 aliphatic rings. The number of benzene rings is 2. The summed E-state index contributed by atoms with van der Waals surface area (Å²) in [4.78, 5) is 51.7. The number of carboxylic acid groups (broad SMARTS) is 1. The van der Waals surface area contributed by atoms with Gasteiger partial charge in [-0.25, -0.2) is 4.79 Å². The van der Waals surface area contributed by atoms with Gasteiger partial charge in [-0.05, 0) is 29.3 Å². The molecule has 0 unspecified atom stereocenters. The maximum atomic E-state index is 13.0. The Kier molecular flexibility index (Phi) is 7.45. The van der Waals surface area contributed by atoms with Crippen molar-refractivity contribution in [1.82, 2.24) is 10.2 Å². The van der Waals surface area contributed by atoms with Gasteiger partial charge in [0.25, 0.3) is 5.91 Å². The average molecular weight is 451 g/mol. The Bertz CT molecular complexity index is 1100. The molecule has 9 heteroatoms. The Labute approximate surface area is 191 Å². The smallest absolute Gasteiger partial charge is 0.323 e. The van der Waals surface area contributed by atoms with Crippen molar-refractivity contribution in [3.63, 3.8) is 0 Å². The highest BCUT2D eigenvalue weighted by Gasteiger charge is 2.39. The summed E-state index contributed by atoms with van der Waals surface area (Å²) in [5.74, 6) is -1.46. The molecular formula is C24H25N3O6. The second kappa shape index (κ2) is 10.4. The number of hydrogen-bond donors (Lipinski definition) is 2. The first-order valence-corrected chi connectivity index (χ1v) is 10.3. The van der Waals surface area contributed by atoms with Crippen molar-refractivity contribution in [1.29, 1.82) is 0 Å². The number of anilines is 1. The van der Waals surface area contributed by atoms with Gasteiger partial charge in [-0.15, -0.1) is 0 Å². The molecule has 3 rings (SSSR count). The van der Waals surface area contributed by atoms with E-state index in [1.165, 1.54) is 24.2 Å². The Hall–Kier alpha value is -4.14. The molecular weight excluding hydrogens is 426 g/mol. The summed E-state index contributed by atoms with van der Waals surface area (Å²) in [7, 11) is 3.08. The summed E-state index contributed by atoms with van der Waals surface area (Å²) in [6.07, 6.45) is 2.79. The first-order valence-electron chi connectivity index (χ1n) is 10.3. The molecule has 0 fully saturated rings. The van der Waals surface area contributed by atoms with Crippen molar-refractivity contribution in [3.05, 3.63) is 71.9 Å². The highest BCUT2D eigenvalue weighted by molar-refractivity contribution is 6.19. The van der Waals surface area contributed by atoms with Crippen molar-refractivity contribution in [3.8, 4) is 5.75 Å². The Morgan fingerprint density at radius 1 is 1.15 bits per heavy atom. The predicted molar refractivity (Wildman–Crippen MR) is 121 cm³/mol. The van der Waals surface area contributed by atoms with Crippen LogP contribution in [-0.4, -0.2) is 60.4 Å². The number of likely N-dealkylation sites (N-methyl/N-ethyl adjacent to an activating group) is 1. The average Bonchev–Trinajstić information content (AvgIpc) is 2.79. The molecule has 0 saturated heterocycles. The zero-order valence-electron chi connectivity index (χ0n) is 18.4. The predicted octanol–water partition coefficient (Wildman–Crippen LogP) is 2.20. The molecule has 2 aromatic carbocycles. The minimum absolute atomic E-state index is 0.146. The van der Waals surface area contributed by atoms with Gasteiger partial charge in [0.2, 0.25) is 0 Å². The van der Waals surface area contributed by atoms with Crippen LogP contribution in [0.3, 0.4) is 0 Å². The fourth-order valence-electron chi connectivity index (χ4n) is 3.53. The van der Waals surface area contributed by atoms with Gasteiger partial charge in [0, 0.05) is 38.0 Å². The van der Waals surface area contributed by atoms with Crippen molar-refractivity contribution >= 4 is 29.4 Å². The quantitative estimate of drug-likeness (QED) is 0.595. The highest BCUT2D eigenvalue weighted by atomic mass is 16.5. The van der Waals surface area contributed by atoms with E-state index in [1.54, 1.807) is 25.3 Å². The number of carbonyl (C=O) groups excluding carboxylic acids is 3. The molecule has 1 heterocycles. The Morgan fingerprint density at radius 3 is 2.64 bits per heavy atom. The Morgan fingerprint density at radius 2 is 1.91 bits per heavy atom. The standard InChI is InChI=1S/C24H25N3O6/c1-26-13-11-19(28)22(23(26)31)27(24(32)25-12-10-21(29)30)18-8-5-6-16(15-18)14-17-7-3-4-9-20(17)33-2/h3-9,11,13,15,22H,10,12,14H2,1-2H3,(H,25,32)(H,29,30)/t22-/m0/s1. The number of carbonyl (C=O) groups is 4. The number of nitrogens with zero attached hydrogens (tertiary/aromatic N) is 2. The zero-order valence-corrected chi connectivity index (χ0v) is 18.4. The number of ether oxygens (including phenoxy) is 1. The van der Waals surface area contributed by atoms with Crippen LogP contribution in [0.5, 0.6) is 5.75 Å². The maximum Gasteiger partial charge on any atom is 0.323 e. The van der Waals surface area contributed by atoms with Crippen molar-refractivity contribution in [2.75, 3.05) is 25.6 Å². The summed E-state index contributed by atoms with van der Waals surface area (Å²) in [5, 5.41) is 11.4. The van der Waals surface area contributed by atoms with Crippen LogP contribution >= 0.6 is 0 Å². The number of methoxy groups -OCH3 is 1. The molecule has 1 atom stereocenters. The number of hydrogen-bond acceptors (Lipinski definition) is 5. The molecule has 2 N–H and O–H groups in total. The fourth-order valence-corrected chi connectivity index (χ4v) is 3.53. The molecule has 33 heavy (non-hydrogen) atoms. The summed E-state index contributed by atoms with van der Waals surface area (Å²) >= 11 is 0. The first kappa shape index (κ1) is 23.5. The van der Waals surface area contributed by atoms with Crippen molar-refractivity contribution in [2.24, 2.45) is 0 Å². The molecule has 3 amide bonds. The number of aliphatic carboxylic acids is 1. The number of rotatable bonds is 8. The van der Waals surface area contributed by atoms with E-state index in [-0.39, 0.29) is 13.0 Å². The van der Waals surface area contributed by atoms with Gasteiger partial charge in [0.05, 0.1) is 13.5 Å². The van der Waals surface area contributed by atoms with E-state index in [1.807, 2.05) is 30.3 Å². The van der Waals surface area contributed by atoms with E-state index in [0.717, 1.165) is 21.8 Å². The monoisotopic (exact) mass is 451 g/mol. The van der Waals surface area contributed by atoms with Crippen LogP contribution in [-0.2, 0) is 20.8 Å².